The molecule has 27 heavy (non-hydrogen) atoms. The molecule has 1 fully saturated rings. The van der Waals surface area contributed by atoms with E-state index in [2.05, 4.69) is 23.1 Å². The molecule has 1 aliphatic heterocycles. The molecule has 150 valence electrons. The minimum Gasteiger partial charge on any atom is -0.481 e. The van der Waals surface area contributed by atoms with Gasteiger partial charge in [-0.1, -0.05) is 53.6 Å². The number of alkyl halides is 1. The first kappa shape index (κ1) is 21.9. The van der Waals surface area contributed by atoms with Gasteiger partial charge in [0.05, 0.1) is 0 Å². The van der Waals surface area contributed by atoms with Crippen LogP contribution < -0.4 is 0 Å². The summed E-state index contributed by atoms with van der Waals surface area (Å²) in [4.78, 5) is 12.9. The molecule has 0 spiro atoms. The van der Waals surface area contributed by atoms with Crippen LogP contribution in [0.5, 0.6) is 0 Å². The summed E-state index contributed by atoms with van der Waals surface area (Å²) in [5, 5.41) is 18.0. The summed E-state index contributed by atoms with van der Waals surface area (Å²) in [5.74, 6) is -0.732. The van der Waals surface area contributed by atoms with E-state index in [0.29, 0.717) is 25.3 Å². The summed E-state index contributed by atoms with van der Waals surface area (Å²) in [7, 11) is 0. The van der Waals surface area contributed by atoms with Crippen LogP contribution in [0.1, 0.15) is 56.1 Å². The van der Waals surface area contributed by atoms with Crippen LogP contribution in [0.3, 0.4) is 0 Å². The minimum absolute atomic E-state index is 0.231. The summed E-state index contributed by atoms with van der Waals surface area (Å²) in [6.07, 6.45) is 10.3. The molecule has 0 aromatic heterocycles. The number of unbranched alkanes of at least 4 members (excludes halogenated alkanes) is 1. The quantitative estimate of drug-likeness (QED) is 0.329. The number of carboxylic acid groups (broad SMARTS) is 1. The van der Waals surface area contributed by atoms with Gasteiger partial charge in [0.15, 0.2) is 0 Å². The Balaban J connectivity index is 1.74. The van der Waals surface area contributed by atoms with Crippen LogP contribution >= 0.6 is 11.6 Å². The number of halogens is 1. The molecule has 2 N–H and O–H groups in total. The van der Waals surface area contributed by atoms with Crippen LogP contribution in [0, 0.1) is 6.92 Å². The van der Waals surface area contributed by atoms with Crippen molar-refractivity contribution in [2.24, 2.45) is 0 Å². The third kappa shape index (κ3) is 8.46. The van der Waals surface area contributed by atoms with Crippen molar-refractivity contribution in [2.75, 3.05) is 13.1 Å². The highest BCUT2D eigenvalue weighted by Gasteiger charge is 2.29. The van der Waals surface area contributed by atoms with Gasteiger partial charge in [-0.3, -0.25) is 9.69 Å². The molecular weight excluding hydrogens is 362 g/mol. The number of likely N-dealkylation sites (tertiary alicyclic amines) is 1. The zero-order valence-corrected chi connectivity index (χ0v) is 17.0. The fourth-order valence-corrected chi connectivity index (χ4v) is 3.98. The van der Waals surface area contributed by atoms with Gasteiger partial charge in [-0.15, -0.1) is 0 Å². The topological polar surface area (TPSA) is 60.8 Å². The highest BCUT2D eigenvalue weighted by molar-refractivity contribution is 6.22. The minimum atomic E-state index is -1.21. The maximum Gasteiger partial charge on any atom is 0.303 e. The predicted octanol–water partition coefficient (Wildman–Crippen LogP) is 4.52. The van der Waals surface area contributed by atoms with Crippen molar-refractivity contribution in [2.45, 2.75) is 69.4 Å². The Morgan fingerprint density at radius 3 is 2.96 bits per heavy atom. The number of rotatable bonds is 11. The zero-order chi connectivity index (χ0) is 19.7. The number of aliphatic carboxylic acids is 1. The van der Waals surface area contributed by atoms with Gasteiger partial charge in [0.25, 0.3) is 0 Å². The van der Waals surface area contributed by atoms with Crippen LogP contribution in [-0.2, 0) is 11.2 Å². The Labute approximate surface area is 167 Å². The maximum absolute atomic E-state index is 10.6. The second-order valence-corrected chi connectivity index (χ2v) is 8.36. The highest BCUT2D eigenvalue weighted by Crippen LogP contribution is 2.26. The maximum atomic E-state index is 10.6. The van der Waals surface area contributed by atoms with Crippen LogP contribution in [0.2, 0.25) is 0 Å². The highest BCUT2D eigenvalue weighted by atomic mass is 35.5. The van der Waals surface area contributed by atoms with E-state index in [0.717, 1.165) is 37.9 Å². The van der Waals surface area contributed by atoms with Gasteiger partial charge in [0, 0.05) is 31.8 Å². The van der Waals surface area contributed by atoms with Crippen molar-refractivity contribution >= 4 is 17.6 Å². The largest absolute Gasteiger partial charge is 0.481 e. The van der Waals surface area contributed by atoms with Crippen molar-refractivity contribution in [3.8, 4) is 0 Å². The SMILES string of the molecule is Cc1cccc(C[C@@](O)(Cl)CCN2CCC[C@H]2C/C=C\CCCC(=O)O)c1. The van der Waals surface area contributed by atoms with Crippen molar-refractivity contribution < 1.29 is 15.0 Å². The molecule has 5 heteroatoms. The molecule has 2 atom stereocenters. The monoisotopic (exact) mass is 393 g/mol. The normalized spacial score (nSPS) is 20.2. The van der Waals surface area contributed by atoms with Crippen molar-refractivity contribution in [3.63, 3.8) is 0 Å². The number of allylic oxidation sites excluding steroid dienone is 1. The van der Waals surface area contributed by atoms with E-state index in [1.807, 2.05) is 25.1 Å². The molecular formula is C22H32ClNO3. The molecule has 1 heterocycles. The first-order valence-corrected chi connectivity index (χ1v) is 10.3. The summed E-state index contributed by atoms with van der Waals surface area (Å²) >= 11 is 6.40. The lowest BCUT2D eigenvalue weighted by Gasteiger charge is -2.28. The average molecular weight is 394 g/mol. The van der Waals surface area contributed by atoms with E-state index in [-0.39, 0.29) is 6.42 Å². The molecule has 1 aromatic rings. The lowest BCUT2D eigenvalue weighted by atomic mass is 10.0. The molecule has 0 aliphatic carbocycles. The Morgan fingerprint density at radius 2 is 2.22 bits per heavy atom. The molecule has 0 unspecified atom stereocenters. The average Bonchev–Trinajstić information content (AvgIpc) is 3.03. The van der Waals surface area contributed by atoms with Gasteiger partial charge in [-0.25, -0.2) is 0 Å². The molecule has 1 aliphatic rings. The van der Waals surface area contributed by atoms with Crippen LogP contribution in [0.25, 0.3) is 0 Å². The lowest BCUT2D eigenvalue weighted by molar-refractivity contribution is -0.137. The second-order valence-electron chi connectivity index (χ2n) is 7.66. The fraction of sp³-hybridized carbons (Fsp3) is 0.591. The van der Waals surface area contributed by atoms with E-state index >= 15 is 0 Å². The molecule has 0 saturated carbocycles. The number of hydrogen-bond donors (Lipinski definition) is 2. The molecule has 0 bridgehead atoms. The van der Waals surface area contributed by atoms with Crippen molar-refractivity contribution in [1.82, 2.24) is 4.90 Å². The Bertz CT molecular complexity index is 630. The van der Waals surface area contributed by atoms with E-state index in [1.165, 1.54) is 12.0 Å². The van der Waals surface area contributed by atoms with E-state index in [1.54, 1.807) is 0 Å². The van der Waals surface area contributed by atoms with Crippen LogP contribution in [0.4, 0.5) is 0 Å². The number of hydrogen-bond acceptors (Lipinski definition) is 3. The van der Waals surface area contributed by atoms with Crippen molar-refractivity contribution in [1.29, 1.82) is 0 Å². The number of carbonyl (C=O) groups is 1. The number of carboxylic acids is 1. The van der Waals surface area contributed by atoms with E-state index in [9.17, 15) is 9.90 Å². The van der Waals surface area contributed by atoms with Crippen LogP contribution in [0.15, 0.2) is 36.4 Å². The van der Waals surface area contributed by atoms with Gasteiger partial charge < -0.3 is 10.2 Å². The Hall–Kier alpha value is -1.36. The molecule has 2 rings (SSSR count). The molecule has 0 radical (unpaired) electrons. The smallest absolute Gasteiger partial charge is 0.303 e. The first-order valence-electron chi connectivity index (χ1n) is 9.93. The van der Waals surface area contributed by atoms with Crippen LogP contribution in [-0.4, -0.2) is 45.3 Å². The van der Waals surface area contributed by atoms with Gasteiger partial charge in [-0.2, -0.15) is 0 Å². The Morgan fingerprint density at radius 1 is 1.41 bits per heavy atom. The van der Waals surface area contributed by atoms with Gasteiger partial charge in [0.2, 0.25) is 0 Å². The zero-order valence-electron chi connectivity index (χ0n) is 16.2. The summed E-state index contributed by atoms with van der Waals surface area (Å²) in [6.45, 7) is 3.89. The second kappa shape index (κ2) is 10.8. The van der Waals surface area contributed by atoms with Gasteiger partial charge in [-0.05, 0) is 51.1 Å². The van der Waals surface area contributed by atoms with E-state index in [4.69, 9.17) is 16.7 Å². The molecule has 1 saturated heterocycles. The lowest BCUT2D eigenvalue weighted by Crippen LogP contribution is -2.35. The number of aliphatic hydroxyl groups is 1. The summed E-state index contributed by atoms with van der Waals surface area (Å²) in [6, 6.07) is 8.61. The number of nitrogens with zero attached hydrogens (tertiary/aromatic N) is 1. The predicted molar refractivity (Wildman–Crippen MR) is 110 cm³/mol. The Kier molecular flexibility index (Phi) is 8.81. The molecule has 1 aromatic carbocycles. The van der Waals surface area contributed by atoms with E-state index < -0.39 is 11.0 Å². The van der Waals surface area contributed by atoms with Gasteiger partial charge >= 0.3 is 5.97 Å². The first-order chi connectivity index (χ1) is 12.9. The summed E-state index contributed by atoms with van der Waals surface area (Å²) < 4.78 is 0. The third-order valence-corrected chi connectivity index (χ3v) is 5.50. The van der Waals surface area contributed by atoms with Crippen molar-refractivity contribution in [3.05, 3.63) is 47.5 Å². The summed E-state index contributed by atoms with van der Waals surface area (Å²) in [5.41, 5.74) is 2.24. The fourth-order valence-electron chi connectivity index (χ4n) is 3.74. The van der Waals surface area contributed by atoms with Gasteiger partial charge in [0.1, 0.15) is 5.06 Å². The number of aryl methyl sites for hydroxylation is 1. The standard InChI is InChI=1S/C22H32ClNO3/c1-18-8-6-9-19(16-18)17-22(23,27)13-15-24-14-7-11-20(24)10-4-2-3-5-12-21(25)26/h2,4,6,8-9,16,20,27H,3,5,7,10-15,17H2,1H3,(H,25,26)/b4-2-/t20-,22-/m1/s1. The number of benzene rings is 1. The third-order valence-electron chi connectivity index (χ3n) is 5.17. The molecule has 0 amide bonds. The molecule has 4 nitrogen and oxygen atoms in total.